The summed E-state index contributed by atoms with van der Waals surface area (Å²) in [5.41, 5.74) is 4.49. The Hall–Kier alpha value is -1.61. The lowest BCUT2D eigenvalue weighted by Gasteiger charge is -2.30. The Balaban J connectivity index is 0.00000341. The van der Waals surface area contributed by atoms with E-state index in [1.165, 1.54) is 44.5 Å². The van der Waals surface area contributed by atoms with E-state index in [9.17, 15) is 0 Å². The summed E-state index contributed by atoms with van der Waals surface area (Å²) in [4.78, 5) is 7.01. The summed E-state index contributed by atoms with van der Waals surface area (Å²) >= 11 is 0. The van der Waals surface area contributed by atoms with Crippen LogP contribution in [0.1, 0.15) is 49.6 Å². The number of halogens is 1. The van der Waals surface area contributed by atoms with Crippen molar-refractivity contribution < 1.29 is 0 Å². The number of nitrogens with zero attached hydrogens (tertiary/aromatic N) is 4. The van der Waals surface area contributed by atoms with Crippen LogP contribution in [0.3, 0.4) is 0 Å². The highest BCUT2D eigenvalue weighted by molar-refractivity contribution is 14.0. The molecular weight excluding hydrogens is 499 g/mol. The molecule has 2 heterocycles. The Bertz CT molecular complexity index is 831. The number of aromatic nitrogens is 2. The van der Waals surface area contributed by atoms with Gasteiger partial charge in [0.1, 0.15) is 0 Å². The Morgan fingerprint density at radius 3 is 2.71 bits per heavy atom. The minimum atomic E-state index is 0. The van der Waals surface area contributed by atoms with E-state index in [4.69, 9.17) is 0 Å². The molecule has 172 valence electrons. The lowest BCUT2D eigenvalue weighted by Crippen LogP contribution is -2.38. The van der Waals surface area contributed by atoms with Gasteiger partial charge in [0.2, 0.25) is 0 Å². The maximum Gasteiger partial charge on any atom is 0.191 e. The van der Waals surface area contributed by atoms with Crippen molar-refractivity contribution in [3.8, 4) is 5.69 Å². The van der Waals surface area contributed by atoms with Gasteiger partial charge in [0.05, 0.1) is 11.4 Å². The van der Waals surface area contributed by atoms with Gasteiger partial charge in [-0.05, 0) is 76.2 Å². The SMILES string of the molecule is CN=C(NCCCCN1CCCC(C)C1)NCc1ccccc1-n1nc(C)cc1C.I. The van der Waals surface area contributed by atoms with Crippen LogP contribution in [0.4, 0.5) is 0 Å². The van der Waals surface area contributed by atoms with Crippen LogP contribution in [0.15, 0.2) is 35.3 Å². The normalized spacial score (nSPS) is 17.3. The maximum atomic E-state index is 4.64. The molecule has 2 aromatic rings. The molecule has 6 nitrogen and oxygen atoms in total. The Morgan fingerprint density at radius 1 is 1.19 bits per heavy atom. The average Bonchev–Trinajstić information content (AvgIpc) is 3.08. The lowest BCUT2D eigenvalue weighted by molar-refractivity contribution is 0.181. The minimum absolute atomic E-state index is 0. The maximum absolute atomic E-state index is 4.64. The van der Waals surface area contributed by atoms with Gasteiger partial charge in [-0.15, -0.1) is 24.0 Å². The third kappa shape index (κ3) is 7.79. The van der Waals surface area contributed by atoms with Crippen molar-refractivity contribution in [2.75, 3.05) is 33.2 Å². The third-order valence-electron chi connectivity index (χ3n) is 5.83. The van der Waals surface area contributed by atoms with Gasteiger partial charge in [0.15, 0.2) is 5.96 Å². The number of nitrogens with one attached hydrogen (secondary N) is 2. The molecule has 1 atom stereocenters. The van der Waals surface area contributed by atoms with Crippen molar-refractivity contribution in [3.63, 3.8) is 0 Å². The van der Waals surface area contributed by atoms with Crippen LogP contribution in [-0.4, -0.2) is 53.9 Å². The van der Waals surface area contributed by atoms with Crippen LogP contribution in [-0.2, 0) is 6.54 Å². The number of hydrogen-bond donors (Lipinski definition) is 2. The van der Waals surface area contributed by atoms with E-state index in [0.29, 0.717) is 6.54 Å². The van der Waals surface area contributed by atoms with Crippen LogP contribution >= 0.6 is 24.0 Å². The fraction of sp³-hybridized carbons (Fsp3) is 0.583. The largest absolute Gasteiger partial charge is 0.356 e. The first-order chi connectivity index (χ1) is 14.6. The van der Waals surface area contributed by atoms with Crippen LogP contribution in [0.25, 0.3) is 5.69 Å². The van der Waals surface area contributed by atoms with E-state index in [-0.39, 0.29) is 24.0 Å². The molecule has 0 bridgehead atoms. The molecule has 1 fully saturated rings. The van der Waals surface area contributed by atoms with Crippen LogP contribution in [0, 0.1) is 19.8 Å². The summed E-state index contributed by atoms with van der Waals surface area (Å²) in [7, 11) is 1.83. The minimum Gasteiger partial charge on any atom is -0.356 e. The van der Waals surface area contributed by atoms with E-state index >= 15 is 0 Å². The third-order valence-corrected chi connectivity index (χ3v) is 5.83. The highest BCUT2D eigenvalue weighted by Crippen LogP contribution is 2.17. The smallest absolute Gasteiger partial charge is 0.191 e. The number of para-hydroxylation sites is 1. The number of unbranched alkanes of at least 4 members (excludes halogenated alkanes) is 1. The Kier molecular flexibility index (Phi) is 10.8. The topological polar surface area (TPSA) is 57.5 Å². The fourth-order valence-corrected chi connectivity index (χ4v) is 4.30. The van der Waals surface area contributed by atoms with E-state index in [1.807, 2.05) is 18.7 Å². The first-order valence-corrected chi connectivity index (χ1v) is 11.3. The summed E-state index contributed by atoms with van der Waals surface area (Å²) < 4.78 is 2.02. The van der Waals surface area contributed by atoms with Gasteiger partial charge in [-0.25, -0.2) is 4.68 Å². The summed E-state index contributed by atoms with van der Waals surface area (Å²) in [6.45, 7) is 11.9. The van der Waals surface area contributed by atoms with Crippen molar-refractivity contribution in [2.45, 2.75) is 53.0 Å². The van der Waals surface area contributed by atoms with Crippen molar-refractivity contribution in [3.05, 3.63) is 47.3 Å². The highest BCUT2D eigenvalue weighted by atomic mass is 127. The first-order valence-electron chi connectivity index (χ1n) is 11.3. The molecule has 3 rings (SSSR count). The van der Waals surface area contributed by atoms with Gasteiger partial charge in [-0.2, -0.15) is 5.10 Å². The van der Waals surface area contributed by atoms with Gasteiger partial charge < -0.3 is 15.5 Å². The number of hydrogen-bond acceptors (Lipinski definition) is 3. The standard InChI is InChI=1S/C24H38N6.HI/c1-19-10-9-15-29(18-19)14-8-7-13-26-24(25-4)27-17-22-11-5-6-12-23(22)30-21(3)16-20(2)28-30;/h5-6,11-12,16,19H,7-10,13-15,17-18H2,1-4H3,(H2,25,26,27);1H. The number of benzene rings is 1. The van der Waals surface area contributed by atoms with Crippen LogP contribution in [0.2, 0.25) is 0 Å². The second kappa shape index (κ2) is 13.1. The number of likely N-dealkylation sites (tertiary alicyclic amines) is 1. The molecular formula is C24H39IN6. The zero-order valence-corrected chi connectivity index (χ0v) is 21.9. The van der Waals surface area contributed by atoms with Crippen molar-refractivity contribution in [1.29, 1.82) is 0 Å². The molecule has 0 amide bonds. The summed E-state index contributed by atoms with van der Waals surface area (Å²) in [6.07, 6.45) is 5.14. The zero-order chi connectivity index (χ0) is 21.3. The Labute approximate surface area is 204 Å². The average molecular weight is 539 g/mol. The second-order valence-corrected chi connectivity index (χ2v) is 8.58. The molecule has 1 aromatic heterocycles. The van der Waals surface area contributed by atoms with E-state index in [2.05, 4.69) is 69.8 Å². The molecule has 0 aliphatic carbocycles. The molecule has 0 saturated carbocycles. The molecule has 1 aliphatic heterocycles. The number of rotatable bonds is 8. The summed E-state index contributed by atoms with van der Waals surface area (Å²) in [5.74, 6) is 1.71. The molecule has 31 heavy (non-hydrogen) atoms. The van der Waals surface area contributed by atoms with Gasteiger partial charge in [0.25, 0.3) is 0 Å². The van der Waals surface area contributed by atoms with E-state index in [0.717, 1.165) is 41.9 Å². The number of aryl methyl sites for hydroxylation is 2. The van der Waals surface area contributed by atoms with Crippen molar-refractivity contribution in [2.24, 2.45) is 10.9 Å². The zero-order valence-electron chi connectivity index (χ0n) is 19.5. The predicted molar refractivity (Wildman–Crippen MR) is 141 cm³/mol. The summed E-state index contributed by atoms with van der Waals surface area (Å²) in [5, 5.41) is 11.6. The van der Waals surface area contributed by atoms with Crippen LogP contribution in [0.5, 0.6) is 0 Å². The molecule has 1 unspecified atom stereocenters. The van der Waals surface area contributed by atoms with Gasteiger partial charge >= 0.3 is 0 Å². The molecule has 2 N–H and O–H groups in total. The second-order valence-electron chi connectivity index (χ2n) is 8.58. The lowest BCUT2D eigenvalue weighted by atomic mass is 10.0. The quantitative estimate of drug-likeness (QED) is 0.228. The molecule has 0 spiro atoms. The molecule has 1 aliphatic rings. The Morgan fingerprint density at radius 2 is 2.00 bits per heavy atom. The van der Waals surface area contributed by atoms with E-state index < -0.39 is 0 Å². The number of aliphatic imine (C=N–C) groups is 1. The first kappa shape index (κ1) is 25.6. The molecule has 1 aromatic carbocycles. The number of guanidine groups is 1. The number of piperidine rings is 1. The van der Waals surface area contributed by atoms with Gasteiger partial charge in [-0.1, -0.05) is 25.1 Å². The van der Waals surface area contributed by atoms with Crippen molar-refractivity contribution >= 4 is 29.9 Å². The summed E-state index contributed by atoms with van der Waals surface area (Å²) in [6, 6.07) is 10.5. The fourth-order valence-electron chi connectivity index (χ4n) is 4.30. The van der Waals surface area contributed by atoms with Crippen molar-refractivity contribution in [1.82, 2.24) is 25.3 Å². The molecule has 0 radical (unpaired) electrons. The molecule has 7 heteroatoms. The van der Waals surface area contributed by atoms with Gasteiger partial charge in [-0.3, -0.25) is 4.99 Å². The highest BCUT2D eigenvalue weighted by Gasteiger charge is 2.15. The molecule has 1 saturated heterocycles. The van der Waals surface area contributed by atoms with Crippen LogP contribution < -0.4 is 10.6 Å². The van der Waals surface area contributed by atoms with Gasteiger partial charge in [0, 0.05) is 32.4 Å². The predicted octanol–water partition coefficient (Wildman–Crippen LogP) is 4.28. The van der Waals surface area contributed by atoms with E-state index in [1.54, 1.807) is 0 Å². The monoisotopic (exact) mass is 538 g/mol.